The first-order valence-electron chi connectivity index (χ1n) is 6.08. The Balaban J connectivity index is 1.50. The minimum absolute atomic E-state index is 0.0270. The number of methoxy groups -OCH3 is 1. The van der Waals surface area contributed by atoms with Crippen LogP contribution in [-0.4, -0.2) is 44.4 Å². The van der Waals surface area contributed by atoms with Gasteiger partial charge in [0.25, 0.3) is 0 Å². The van der Waals surface area contributed by atoms with E-state index in [1.807, 2.05) is 24.3 Å². The van der Waals surface area contributed by atoms with Crippen LogP contribution in [-0.2, 0) is 14.2 Å². The van der Waals surface area contributed by atoms with Crippen molar-refractivity contribution in [1.82, 2.24) is 0 Å². The Labute approximate surface area is 105 Å². The lowest BCUT2D eigenvalue weighted by atomic mass is 10.1. The maximum atomic E-state index is 5.95. The van der Waals surface area contributed by atoms with E-state index in [0.29, 0.717) is 6.61 Å². The Morgan fingerprint density at radius 3 is 2.61 bits per heavy atom. The highest BCUT2D eigenvalue weighted by Crippen LogP contribution is 2.43. The zero-order chi connectivity index (χ0) is 12.1. The third kappa shape index (κ3) is 1.59. The quantitative estimate of drug-likeness (QED) is 0.748. The number of fused-ring (bicyclic) bond motifs is 4. The van der Waals surface area contributed by atoms with Gasteiger partial charge in [0.05, 0.1) is 13.7 Å². The molecule has 0 aliphatic carbocycles. The van der Waals surface area contributed by atoms with Gasteiger partial charge in [-0.25, -0.2) is 0 Å². The molecule has 4 rings (SSSR count). The number of hydrogen-bond donors (Lipinski definition) is 0. The lowest BCUT2D eigenvalue weighted by Gasteiger charge is -2.25. The minimum atomic E-state index is -0.185. The topological polar surface area (TPSA) is 49.5 Å². The summed E-state index contributed by atoms with van der Waals surface area (Å²) in [4.78, 5) is 0. The number of hydrogen-bond acceptors (Lipinski definition) is 5. The molecular formula is C13H14O5. The molecule has 3 fully saturated rings. The highest BCUT2D eigenvalue weighted by atomic mass is 16.8. The molecule has 0 aromatic heterocycles. The molecule has 3 aliphatic rings. The second kappa shape index (κ2) is 3.85. The molecule has 3 saturated heterocycles. The Hall–Kier alpha value is -1.30. The highest BCUT2D eigenvalue weighted by Gasteiger charge is 2.62. The van der Waals surface area contributed by atoms with Crippen LogP contribution in [0, 0.1) is 0 Å². The van der Waals surface area contributed by atoms with Crippen LogP contribution in [0.1, 0.15) is 0 Å². The van der Waals surface area contributed by atoms with Crippen LogP contribution < -0.4 is 9.47 Å². The van der Waals surface area contributed by atoms with Gasteiger partial charge in [-0.1, -0.05) is 0 Å². The second-order valence-electron chi connectivity index (χ2n) is 4.70. The fourth-order valence-corrected chi connectivity index (χ4v) is 2.57. The van der Waals surface area contributed by atoms with Gasteiger partial charge in [0.1, 0.15) is 29.8 Å². The maximum Gasteiger partial charge on any atom is 0.187 e. The van der Waals surface area contributed by atoms with E-state index in [9.17, 15) is 0 Å². The van der Waals surface area contributed by atoms with E-state index in [4.69, 9.17) is 23.7 Å². The summed E-state index contributed by atoms with van der Waals surface area (Å²) < 4.78 is 27.8. The van der Waals surface area contributed by atoms with Crippen molar-refractivity contribution >= 4 is 0 Å². The normalized spacial score (nSPS) is 40.2. The van der Waals surface area contributed by atoms with Gasteiger partial charge in [-0.15, -0.1) is 0 Å². The molecule has 1 aromatic rings. The molecule has 0 saturated carbocycles. The van der Waals surface area contributed by atoms with Crippen molar-refractivity contribution < 1.29 is 23.7 Å². The van der Waals surface area contributed by atoms with Crippen molar-refractivity contribution in [2.45, 2.75) is 30.7 Å². The third-order valence-corrected chi connectivity index (χ3v) is 3.59. The molecule has 5 atom stereocenters. The molecule has 1 aromatic carbocycles. The van der Waals surface area contributed by atoms with Gasteiger partial charge in [-0.05, 0) is 24.3 Å². The fourth-order valence-electron chi connectivity index (χ4n) is 2.57. The molecule has 2 bridgehead atoms. The van der Waals surface area contributed by atoms with Gasteiger partial charge in [0.15, 0.2) is 12.4 Å². The Kier molecular flexibility index (Phi) is 2.27. The van der Waals surface area contributed by atoms with Crippen molar-refractivity contribution in [2.24, 2.45) is 0 Å². The molecule has 5 nitrogen and oxygen atoms in total. The summed E-state index contributed by atoms with van der Waals surface area (Å²) in [6, 6.07) is 7.52. The molecule has 0 N–H and O–H groups in total. The minimum Gasteiger partial charge on any atom is -0.497 e. The average Bonchev–Trinajstić information content (AvgIpc) is 3.10. The second-order valence-corrected chi connectivity index (χ2v) is 4.70. The summed E-state index contributed by atoms with van der Waals surface area (Å²) in [6.07, 6.45) is -0.135. The van der Waals surface area contributed by atoms with E-state index >= 15 is 0 Å². The molecule has 0 amide bonds. The Morgan fingerprint density at radius 1 is 1.06 bits per heavy atom. The van der Waals surface area contributed by atoms with Crippen LogP contribution in [0.15, 0.2) is 24.3 Å². The zero-order valence-corrected chi connectivity index (χ0v) is 9.94. The van der Waals surface area contributed by atoms with E-state index < -0.39 is 0 Å². The van der Waals surface area contributed by atoms with Crippen molar-refractivity contribution in [2.75, 3.05) is 13.7 Å². The number of epoxide rings is 1. The van der Waals surface area contributed by atoms with Crippen molar-refractivity contribution in [3.63, 3.8) is 0 Å². The molecule has 0 spiro atoms. The molecule has 18 heavy (non-hydrogen) atoms. The molecule has 3 heterocycles. The molecule has 3 aliphatic heterocycles. The lowest BCUT2D eigenvalue weighted by molar-refractivity contribution is -0.0989. The van der Waals surface area contributed by atoms with Gasteiger partial charge in [0, 0.05) is 0 Å². The summed E-state index contributed by atoms with van der Waals surface area (Å²) in [5.74, 6) is 1.61. The monoisotopic (exact) mass is 250 g/mol. The first kappa shape index (κ1) is 10.6. The highest BCUT2D eigenvalue weighted by molar-refractivity contribution is 5.31. The van der Waals surface area contributed by atoms with E-state index in [0.717, 1.165) is 11.5 Å². The van der Waals surface area contributed by atoms with E-state index in [2.05, 4.69) is 0 Å². The summed E-state index contributed by atoms with van der Waals surface area (Å²) in [5, 5.41) is 0. The SMILES string of the molecule is COc1ccc(O[C@H]2[C@@H]3O[C@@H]3[C@@H]3OC[C@H]2O3)cc1. The summed E-state index contributed by atoms with van der Waals surface area (Å²) in [7, 11) is 1.64. The van der Waals surface area contributed by atoms with Crippen molar-refractivity contribution in [1.29, 1.82) is 0 Å². The zero-order valence-electron chi connectivity index (χ0n) is 9.94. The van der Waals surface area contributed by atoms with Crippen LogP contribution in [0.2, 0.25) is 0 Å². The molecule has 96 valence electrons. The van der Waals surface area contributed by atoms with E-state index in [1.54, 1.807) is 7.11 Å². The van der Waals surface area contributed by atoms with Crippen LogP contribution in [0.4, 0.5) is 0 Å². The van der Waals surface area contributed by atoms with Crippen LogP contribution in [0.25, 0.3) is 0 Å². The lowest BCUT2D eigenvalue weighted by Crippen LogP contribution is -2.43. The maximum absolute atomic E-state index is 5.95. The largest absolute Gasteiger partial charge is 0.497 e. The third-order valence-electron chi connectivity index (χ3n) is 3.59. The van der Waals surface area contributed by atoms with Gasteiger partial charge >= 0.3 is 0 Å². The molecule has 0 radical (unpaired) electrons. The standard InChI is InChI=1S/C13H14O5/c1-14-7-2-4-8(5-3-7)16-10-9-6-15-13(17-9)12-11(10)18-12/h2-5,9-13H,6H2,1H3/t9-,10-,11+,12+,13-/m1/s1. The molecule has 0 unspecified atom stereocenters. The fraction of sp³-hybridized carbons (Fsp3) is 0.538. The Morgan fingerprint density at radius 2 is 1.83 bits per heavy atom. The predicted molar refractivity (Wildman–Crippen MR) is 60.7 cm³/mol. The van der Waals surface area contributed by atoms with E-state index in [-0.39, 0.29) is 30.7 Å². The summed E-state index contributed by atoms with van der Waals surface area (Å²) in [6.45, 7) is 0.585. The number of ether oxygens (including phenoxy) is 5. The van der Waals surface area contributed by atoms with Gasteiger partial charge in [0.2, 0.25) is 0 Å². The van der Waals surface area contributed by atoms with Crippen LogP contribution in [0.3, 0.4) is 0 Å². The van der Waals surface area contributed by atoms with Crippen LogP contribution >= 0.6 is 0 Å². The average molecular weight is 250 g/mol. The number of rotatable bonds is 3. The van der Waals surface area contributed by atoms with Gasteiger partial charge in [-0.2, -0.15) is 0 Å². The van der Waals surface area contributed by atoms with E-state index in [1.165, 1.54) is 0 Å². The first-order valence-corrected chi connectivity index (χ1v) is 6.08. The summed E-state index contributed by atoms with van der Waals surface area (Å²) in [5.41, 5.74) is 0. The predicted octanol–water partition coefficient (Wildman–Crippen LogP) is 0.965. The van der Waals surface area contributed by atoms with Crippen molar-refractivity contribution in [3.05, 3.63) is 24.3 Å². The Bertz CT molecular complexity index is 445. The van der Waals surface area contributed by atoms with Gasteiger partial charge < -0.3 is 23.7 Å². The van der Waals surface area contributed by atoms with Crippen molar-refractivity contribution in [3.8, 4) is 11.5 Å². The van der Waals surface area contributed by atoms with Crippen LogP contribution in [0.5, 0.6) is 11.5 Å². The first-order chi connectivity index (χ1) is 8.85. The smallest absolute Gasteiger partial charge is 0.187 e. The van der Waals surface area contributed by atoms with Gasteiger partial charge in [-0.3, -0.25) is 0 Å². The number of benzene rings is 1. The molecular weight excluding hydrogens is 236 g/mol. The molecule has 5 heteroatoms. The summed E-state index contributed by atoms with van der Waals surface area (Å²) >= 11 is 0.